The molecule has 0 bridgehead atoms. The van der Waals surface area contributed by atoms with Gasteiger partial charge in [-0.25, -0.2) is 4.68 Å². The Kier molecular flexibility index (Phi) is 5.12. The molecule has 192 valence electrons. The van der Waals surface area contributed by atoms with E-state index in [0.29, 0.717) is 15.4 Å². The third kappa shape index (κ3) is 3.78. The maximum Gasteiger partial charge on any atom is 0.454 e. The van der Waals surface area contributed by atoms with Crippen LogP contribution in [0.25, 0.3) is 38.3 Å². The molecule has 2 heterocycles. The van der Waals surface area contributed by atoms with Crippen LogP contribution in [0, 0.1) is 0 Å². The lowest BCUT2D eigenvalue weighted by Gasteiger charge is -2.12. The maximum atomic E-state index is 14.2. The van der Waals surface area contributed by atoms with Crippen molar-refractivity contribution < 1.29 is 44.3 Å². The van der Waals surface area contributed by atoms with Crippen LogP contribution >= 0.6 is 0 Å². The summed E-state index contributed by atoms with van der Waals surface area (Å²) in [4.78, 5) is 12.4. The number of alkyl halides is 9. The first-order valence-electron chi connectivity index (χ1n) is 10.3. The second-order valence-corrected chi connectivity index (χ2v) is 8.10. The third-order valence-corrected chi connectivity index (χ3v) is 5.78. The number of aryl methyl sites for hydroxylation is 1. The number of halogens is 9. The van der Waals surface area contributed by atoms with Gasteiger partial charge in [-0.3, -0.25) is 9.48 Å². The van der Waals surface area contributed by atoms with Gasteiger partial charge in [0.25, 0.3) is 5.78 Å². The second-order valence-electron chi connectivity index (χ2n) is 8.10. The number of hydrogen-bond donors (Lipinski definition) is 0. The van der Waals surface area contributed by atoms with E-state index in [0.717, 1.165) is 19.2 Å². The van der Waals surface area contributed by atoms with Gasteiger partial charge in [0.1, 0.15) is 16.7 Å². The van der Waals surface area contributed by atoms with Crippen LogP contribution in [0.4, 0.5) is 39.5 Å². The predicted octanol–water partition coefficient (Wildman–Crippen LogP) is 6.85. The number of carbonyl (C=O) groups excluding carboxylic acids is 1. The number of Topliss-reactive ketones (excluding diaryl/α,β-unsaturated/α-hetero) is 1. The minimum Gasteiger partial charge on any atom is -0.284 e. The minimum absolute atomic E-state index is 0.0823. The van der Waals surface area contributed by atoms with Crippen molar-refractivity contribution in [1.29, 1.82) is 0 Å². The summed E-state index contributed by atoms with van der Waals surface area (Å²) < 4.78 is 125. The third-order valence-electron chi connectivity index (χ3n) is 5.78. The fourth-order valence-electron chi connectivity index (χ4n) is 4.41. The van der Waals surface area contributed by atoms with E-state index in [2.05, 4.69) is 10.2 Å². The normalized spacial score (nSPS) is 13.2. The van der Waals surface area contributed by atoms with E-state index in [-0.39, 0.29) is 5.69 Å². The molecule has 0 saturated heterocycles. The van der Waals surface area contributed by atoms with Crippen molar-refractivity contribution in [2.24, 2.45) is 7.05 Å². The Labute approximate surface area is 199 Å². The lowest BCUT2D eigenvalue weighted by Crippen LogP contribution is -2.23. The van der Waals surface area contributed by atoms with Gasteiger partial charge in [-0.2, -0.15) is 49.7 Å². The Hall–Kier alpha value is -4.10. The maximum absolute atomic E-state index is 14.2. The van der Waals surface area contributed by atoms with E-state index in [1.54, 1.807) is 0 Å². The molecule has 0 N–H and O–H groups in total. The number of ketones is 1. The average Bonchev–Trinajstić information content (AvgIpc) is 3.34. The number of rotatable bonds is 2. The fraction of sp³-hybridized carbons (Fsp3) is 0.174. The highest BCUT2D eigenvalue weighted by atomic mass is 19.4. The number of aromatic nitrogens is 4. The highest BCUT2D eigenvalue weighted by Gasteiger charge is 2.44. The molecular weight excluding hydrogens is 519 g/mol. The number of carbonyl (C=O) groups is 1. The molecule has 5 aromatic rings. The smallest absolute Gasteiger partial charge is 0.284 e. The summed E-state index contributed by atoms with van der Waals surface area (Å²) in [6, 6.07) is 9.05. The molecule has 5 rings (SSSR count). The van der Waals surface area contributed by atoms with Gasteiger partial charge in [0, 0.05) is 34.2 Å². The Balaban J connectivity index is 2.03. The van der Waals surface area contributed by atoms with Crippen LogP contribution < -0.4 is 0 Å². The molecule has 14 heteroatoms. The number of fused-ring (bicyclic) bond motifs is 5. The highest BCUT2D eigenvalue weighted by molar-refractivity contribution is 6.25. The lowest BCUT2D eigenvalue weighted by atomic mass is 9.95. The monoisotopic (exact) mass is 530 g/mol. The van der Waals surface area contributed by atoms with Crippen LogP contribution in [0.15, 0.2) is 48.5 Å². The van der Waals surface area contributed by atoms with Gasteiger partial charge in [-0.05, 0) is 24.3 Å². The molecule has 0 radical (unpaired) electrons. The van der Waals surface area contributed by atoms with Gasteiger partial charge < -0.3 is 0 Å². The largest absolute Gasteiger partial charge is 0.454 e. The summed E-state index contributed by atoms with van der Waals surface area (Å²) >= 11 is 0. The second kappa shape index (κ2) is 7.70. The van der Waals surface area contributed by atoms with E-state index in [1.807, 2.05) is 0 Å². The summed E-state index contributed by atoms with van der Waals surface area (Å²) in [5.74, 6) is -2.54. The SMILES string of the molecule is Cn1nc2c(ccc3c4nn(-c5ccccc5)c(C(F)(F)F)c4cc(C(=O)C(F)(F)F)c32)c1C(F)(F)F. The van der Waals surface area contributed by atoms with Gasteiger partial charge in [0.2, 0.25) is 0 Å². The Morgan fingerprint density at radius 2 is 1.32 bits per heavy atom. The summed E-state index contributed by atoms with van der Waals surface area (Å²) in [6.07, 6.45) is -15.6. The van der Waals surface area contributed by atoms with Crippen LogP contribution in [0.2, 0.25) is 0 Å². The summed E-state index contributed by atoms with van der Waals surface area (Å²) in [5.41, 5.74) is -5.22. The van der Waals surface area contributed by atoms with Crippen molar-refractivity contribution in [2.45, 2.75) is 18.5 Å². The Morgan fingerprint density at radius 3 is 1.89 bits per heavy atom. The summed E-state index contributed by atoms with van der Waals surface area (Å²) in [5, 5.41) is 5.12. The van der Waals surface area contributed by atoms with Gasteiger partial charge >= 0.3 is 18.5 Å². The fourth-order valence-corrected chi connectivity index (χ4v) is 4.41. The van der Waals surface area contributed by atoms with Gasteiger partial charge in [0.15, 0.2) is 5.69 Å². The first-order chi connectivity index (χ1) is 17.1. The van der Waals surface area contributed by atoms with Crippen molar-refractivity contribution in [3.8, 4) is 5.69 Å². The van der Waals surface area contributed by atoms with Crippen molar-refractivity contribution in [3.63, 3.8) is 0 Å². The molecule has 0 spiro atoms. The molecule has 0 aliphatic rings. The number of hydrogen-bond acceptors (Lipinski definition) is 3. The predicted molar refractivity (Wildman–Crippen MR) is 113 cm³/mol. The van der Waals surface area contributed by atoms with E-state index in [4.69, 9.17) is 0 Å². The molecule has 5 nitrogen and oxygen atoms in total. The summed E-state index contributed by atoms with van der Waals surface area (Å²) in [6.45, 7) is 0. The topological polar surface area (TPSA) is 52.7 Å². The minimum atomic E-state index is -5.54. The van der Waals surface area contributed by atoms with Crippen LogP contribution in [-0.2, 0) is 19.4 Å². The molecule has 0 atom stereocenters. The van der Waals surface area contributed by atoms with Gasteiger partial charge in [-0.15, -0.1) is 0 Å². The van der Waals surface area contributed by atoms with E-state index in [9.17, 15) is 44.3 Å². The molecule has 0 saturated carbocycles. The number of para-hydroxylation sites is 1. The molecule has 37 heavy (non-hydrogen) atoms. The van der Waals surface area contributed by atoms with Crippen LogP contribution in [0.3, 0.4) is 0 Å². The number of benzene rings is 3. The molecule has 0 fully saturated rings. The van der Waals surface area contributed by atoms with Gasteiger partial charge in [-0.1, -0.05) is 24.3 Å². The average molecular weight is 530 g/mol. The molecule has 0 aliphatic heterocycles. The molecule has 0 aliphatic carbocycles. The Morgan fingerprint density at radius 1 is 0.730 bits per heavy atom. The molecule has 2 aromatic heterocycles. The molecular formula is C23H11F9N4O. The van der Waals surface area contributed by atoms with Crippen LogP contribution in [0.1, 0.15) is 21.7 Å². The summed E-state index contributed by atoms with van der Waals surface area (Å²) in [7, 11) is 0.907. The van der Waals surface area contributed by atoms with Crippen molar-refractivity contribution in [1.82, 2.24) is 19.6 Å². The van der Waals surface area contributed by atoms with Gasteiger partial charge in [0.05, 0.1) is 5.69 Å². The molecule has 0 unspecified atom stereocenters. The van der Waals surface area contributed by atoms with Crippen molar-refractivity contribution in [3.05, 3.63) is 65.5 Å². The Bertz CT molecular complexity index is 1710. The zero-order valence-electron chi connectivity index (χ0n) is 18.2. The lowest BCUT2D eigenvalue weighted by molar-refractivity contribution is -0.142. The zero-order valence-corrected chi connectivity index (χ0v) is 18.2. The molecule has 0 amide bonds. The first kappa shape index (κ1) is 24.6. The quantitative estimate of drug-likeness (QED) is 0.185. The molecule has 3 aromatic carbocycles. The van der Waals surface area contributed by atoms with E-state index < -0.39 is 73.8 Å². The highest BCUT2D eigenvalue weighted by Crippen LogP contribution is 2.44. The van der Waals surface area contributed by atoms with Crippen molar-refractivity contribution >= 4 is 38.4 Å². The van der Waals surface area contributed by atoms with Crippen LogP contribution in [-0.4, -0.2) is 31.5 Å². The van der Waals surface area contributed by atoms with E-state index in [1.165, 1.54) is 30.3 Å². The van der Waals surface area contributed by atoms with Crippen LogP contribution in [0.5, 0.6) is 0 Å². The van der Waals surface area contributed by atoms with Crippen molar-refractivity contribution in [2.75, 3.05) is 0 Å². The zero-order chi connectivity index (χ0) is 27.1. The first-order valence-corrected chi connectivity index (χ1v) is 10.3. The standard InChI is InChI=1S/C23H11F9N4O/c1-35-18(21(24,25)26)12-8-7-11-15(17(12)33-35)13(20(37)23(30,31)32)9-14-16(11)34-36(19(14)22(27,28)29)10-5-3-2-4-6-10/h2-9H,1H3. The van der Waals surface area contributed by atoms with E-state index >= 15 is 0 Å². The number of nitrogens with zero attached hydrogens (tertiary/aromatic N) is 4.